The molecule has 1 aliphatic heterocycles. The topological polar surface area (TPSA) is 61.6 Å². The fourth-order valence-corrected chi connectivity index (χ4v) is 2.60. The quantitative estimate of drug-likeness (QED) is 0.642. The maximum absolute atomic E-state index is 11.4. The van der Waals surface area contributed by atoms with Crippen molar-refractivity contribution in [2.45, 2.75) is 18.6 Å². The highest BCUT2D eigenvalue weighted by Gasteiger charge is 2.39. The molecule has 21 heavy (non-hydrogen) atoms. The van der Waals surface area contributed by atoms with Gasteiger partial charge in [-0.1, -0.05) is 30.3 Å². The molecule has 0 aliphatic carbocycles. The molecule has 0 saturated heterocycles. The second kappa shape index (κ2) is 5.44. The van der Waals surface area contributed by atoms with E-state index < -0.39 is 12.1 Å². The van der Waals surface area contributed by atoms with Gasteiger partial charge >= 0.3 is 0 Å². The first-order valence-corrected chi connectivity index (χ1v) is 6.71. The van der Waals surface area contributed by atoms with E-state index in [-0.39, 0.29) is 4.92 Å². The van der Waals surface area contributed by atoms with Gasteiger partial charge in [0.25, 0.3) is 6.04 Å². The van der Waals surface area contributed by atoms with Crippen LogP contribution in [0.5, 0.6) is 11.5 Å². The van der Waals surface area contributed by atoms with Crippen LogP contribution >= 0.6 is 0 Å². The van der Waals surface area contributed by atoms with Crippen molar-refractivity contribution in [1.29, 1.82) is 0 Å². The summed E-state index contributed by atoms with van der Waals surface area (Å²) in [5.74, 6) is 1.43. The van der Waals surface area contributed by atoms with Gasteiger partial charge in [0.2, 0.25) is 0 Å². The number of ether oxygens (including phenoxy) is 2. The van der Waals surface area contributed by atoms with Crippen molar-refractivity contribution >= 4 is 0 Å². The lowest BCUT2D eigenvalue weighted by Crippen LogP contribution is -2.36. The monoisotopic (exact) mass is 285 g/mol. The summed E-state index contributed by atoms with van der Waals surface area (Å²) in [5.41, 5.74) is 1.66. The van der Waals surface area contributed by atoms with E-state index in [4.69, 9.17) is 9.47 Å². The Hall–Kier alpha value is -2.56. The third-order valence-corrected chi connectivity index (χ3v) is 3.72. The van der Waals surface area contributed by atoms with Gasteiger partial charge in [0.05, 0.1) is 7.11 Å². The molecule has 3 rings (SSSR count). The fourth-order valence-electron chi connectivity index (χ4n) is 2.60. The second-order valence-electron chi connectivity index (χ2n) is 4.98. The Morgan fingerprint density at radius 3 is 2.57 bits per heavy atom. The van der Waals surface area contributed by atoms with Crippen molar-refractivity contribution in [2.24, 2.45) is 0 Å². The number of hydrogen-bond donors (Lipinski definition) is 0. The third-order valence-electron chi connectivity index (χ3n) is 3.72. The Morgan fingerprint density at radius 1 is 1.19 bits per heavy atom. The summed E-state index contributed by atoms with van der Waals surface area (Å²) in [6.45, 7) is 0. The number of para-hydroxylation sites is 1. The number of nitrogens with zero attached hydrogens (tertiary/aromatic N) is 1. The van der Waals surface area contributed by atoms with Crippen LogP contribution in [0.1, 0.15) is 17.2 Å². The van der Waals surface area contributed by atoms with E-state index in [2.05, 4.69) is 0 Å². The van der Waals surface area contributed by atoms with E-state index in [1.54, 1.807) is 19.2 Å². The molecule has 2 atom stereocenters. The number of rotatable bonds is 3. The lowest BCUT2D eigenvalue weighted by Gasteiger charge is -2.28. The summed E-state index contributed by atoms with van der Waals surface area (Å²) in [4.78, 5) is 11.1. The lowest BCUT2D eigenvalue weighted by molar-refractivity contribution is -0.535. The Bertz CT molecular complexity index is 654. The normalized spacial score (nSPS) is 20.2. The van der Waals surface area contributed by atoms with Crippen LogP contribution in [0.3, 0.4) is 0 Å². The molecular formula is C16H15NO4. The van der Waals surface area contributed by atoms with Gasteiger partial charge in [-0.05, 0) is 23.8 Å². The maximum atomic E-state index is 11.4. The fraction of sp³-hybridized carbons (Fsp3) is 0.250. The summed E-state index contributed by atoms with van der Waals surface area (Å²) < 4.78 is 11.0. The molecule has 0 N–H and O–H groups in total. The lowest BCUT2D eigenvalue weighted by atomic mass is 9.93. The molecule has 2 aromatic carbocycles. The predicted molar refractivity (Wildman–Crippen MR) is 77.3 cm³/mol. The Balaban J connectivity index is 1.96. The van der Waals surface area contributed by atoms with E-state index in [0.717, 1.165) is 16.9 Å². The SMILES string of the molecule is COc1ccc([C@H]2Oc3ccccc3C[C@@H]2[N+](=O)[O-])cc1. The van der Waals surface area contributed by atoms with Crippen LogP contribution in [-0.4, -0.2) is 18.1 Å². The molecule has 5 heteroatoms. The average Bonchev–Trinajstić information content (AvgIpc) is 2.53. The summed E-state index contributed by atoms with van der Waals surface area (Å²) in [7, 11) is 1.59. The zero-order chi connectivity index (χ0) is 14.8. The molecule has 5 nitrogen and oxygen atoms in total. The van der Waals surface area contributed by atoms with Crippen molar-refractivity contribution in [2.75, 3.05) is 7.11 Å². The number of nitro groups is 1. The third kappa shape index (κ3) is 2.54. The molecule has 1 heterocycles. The van der Waals surface area contributed by atoms with Crippen molar-refractivity contribution in [3.63, 3.8) is 0 Å². The van der Waals surface area contributed by atoms with Crippen LogP contribution in [-0.2, 0) is 6.42 Å². The summed E-state index contributed by atoms with van der Waals surface area (Å²) in [6, 6.07) is 13.9. The largest absolute Gasteiger partial charge is 0.497 e. The van der Waals surface area contributed by atoms with Crippen molar-refractivity contribution in [1.82, 2.24) is 0 Å². The van der Waals surface area contributed by atoms with Crippen molar-refractivity contribution < 1.29 is 14.4 Å². The number of hydrogen-bond acceptors (Lipinski definition) is 4. The summed E-state index contributed by atoms with van der Waals surface area (Å²) >= 11 is 0. The van der Waals surface area contributed by atoms with E-state index in [9.17, 15) is 10.1 Å². The smallest absolute Gasteiger partial charge is 0.257 e. The van der Waals surface area contributed by atoms with Gasteiger partial charge in [-0.25, -0.2) is 0 Å². The van der Waals surface area contributed by atoms with E-state index >= 15 is 0 Å². The van der Waals surface area contributed by atoms with Gasteiger partial charge in [-0.2, -0.15) is 0 Å². The molecule has 2 aromatic rings. The number of fused-ring (bicyclic) bond motifs is 1. The molecule has 0 saturated carbocycles. The minimum atomic E-state index is -0.784. The highest BCUT2D eigenvalue weighted by molar-refractivity contribution is 5.38. The minimum Gasteiger partial charge on any atom is -0.497 e. The Kier molecular flexibility index (Phi) is 3.48. The molecule has 0 aromatic heterocycles. The summed E-state index contributed by atoms with van der Waals surface area (Å²) in [5, 5.41) is 11.4. The van der Waals surface area contributed by atoms with Crippen molar-refractivity contribution in [3.05, 3.63) is 69.8 Å². The van der Waals surface area contributed by atoms with Gasteiger partial charge in [0, 0.05) is 16.9 Å². The molecular weight excluding hydrogens is 270 g/mol. The summed E-state index contributed by atoms with van der Waals surface area (Å²) in [6.07, 6.45) is -0.208. The zero-order valence-corrected chi connectivity index (χ0v) is 11.6. The first-order valence-electron chi connectivity index (χ1n) is 6.71. The minimum absolute atomic E-state index is 0.259. The zero-order valence-electron chi connectivity index (χ0n) is 11.6. The van der Waals surface area contributed by atoms with E-state index in [0.29, 0.717) is 12.2 Å². The molecule has 108 valence electrons. The first kappa shape index (κ1) is 13.4. The highest BCUT2D eigenvalue weighted by Crippen LogP contribution is 2.36. The van der Waals surface area contributed by atoms with E-state index in [1.165, 1.54) is 0 Å². The molecule has 0 amide bonds. The van der Waals surface area contributed by atoms with Crippen LogP contribution in [0, 0.1) is 10.1 Å². The Morgan fingerprint density at radius 2 is 1.90 bits per heavy atom. The standard InChI is InChI=1S/C16H15NO4/c1-20-13-8-6-11(7-9-13)16-14(17(18)19)10-12-4-2-3-5-15(12)21-16/h2-9,14,16H,10H2,1H3/t14-,16+/m0/s1. The van der Waals surface area contributed by atoms with Gasteiger partial charge in [0.1, 0.15) is 11.5 Å². The van der Waals surface area contributed by atoms with Gasteiger partial charge in [-0.15, -0.1) is 0 Å². The molecule has 0 fully saturated rings. The maximum Gasteiger partial charge on any atom is 0.257 e. The molecule has 0 unspecified atom stereocenters. The molecule has 0 bridgehead atoms. The van der Waals surface area contributed by atoms with Gasteiger partial charge < -0.3 is 9.47 Å². The van der Waals surface area contributed by atoms with Gasteiger partial charge in [0.15, 0.2) is 6.10 Å². The Labute approximate surface area is 122 Å². The highest BCUT2D eigenvalue weighted by atomic mass is 16.6. The number of methoxy groups -OCH3 is 1. The van der Waals surface area contributed by atoms with Crippen LogP contribution < -0.4 is 9.47 Å². The van der Waals surface area contributed by atoms with Crippen LogP contribution in [0.25, 0.3) is 0 Å². The average molecular weight is 285 g/mol. The number of benzene rings is 2. The van der Waals surface area contributed by atoms with Gasteiger partial charge in [-0.3, -0.25) is 10.1 Å². The van der Waals surface area contributed by atoms with Crippen LogP contribution in [0.4, 0.5) is 0 Å². The predicted octanol–water partition coefficient (Wildman–Crippen LogP) is 3.02. The molecule has 1 aliphatic rings. The van der Waals surface area contributed by atoms with E-state index in [1.807, 2.05) is 36.4 Å². The molecule has 0 radical (unpaired) electrons. The van der Waals surface area contributed by atoms with Crippen LogP contribution in [0.15, 0.2) is 48.5 Å². The van der Waals surface area contributed by atoms with Crippen LogP contribution in [0.2, 0.25) is 0 Å². The van der Waals surface area contributed by atoms with Crippen molar-refractivity contribution in [3.8, 4) is 11.5 Å². The second-order valence-corrected chi connectivity index (χ2v) is 4.98. The molecule has 0 spiro atoms. The first-order chi connectivity index (χ1) is 10.2.